The van der Waals surface area contributed by atoms with Crippen molar-refractivity contribution in [2.45, 2.75) is 12.2 Å². The lowest BCUT2D eigenvalue weighted by Crippen LogP contribution is -2.50. The molecule has 1 aliphatic rings. The van der Waals surface area contributed by atoms with Crippen LogP contribution < -0.4 is 5.32 Å². The van der Waals surface area contributed by atoms with E-state index in [4.69, 9.17) is 14.2 Å². The minimum atomic E-state index is -0.275. The van der Waals surface area contributed by atoms with E-state index >= 15 is 0 Å². The molecule has 1 aliphatic heterocycles. The van der Waals surface area contributed by atoms with Gasteiger partial charge in [0.15, 0.2) is 5.69 Å². The van der Waals surface area contributed by atoms with E-state index in [2.05, 4.69) is 15.0 Å². The van der Waals surface area contributed by atoms with Gasteiger partial charge in [-0.05, 0) is 0 Å². The van der Waals surface area contributed by atoms with Gasteiger partial charge in [0, 0.05) is 32.7 Å². The van der Waals surface area contributed by atoms with Gasteiger partial charge in [0.05, 0.1) is 19.3 Å². The molecular weight excluding hydrogens is 252 g/mol. The maximum Gasteiger partial charge on any atom is 0.273 e. The van der Waals surface area contributed by atoms with Crippen molar-refractivity contribution in [3.05, 3.63) is 18.0 Å². The van der Waals surface area contributed by atoms with Gasteiger partial charge in [0.1, 0.15) is 12.4 Å². The first-order valence-electron chi connectivity index (χ1n) is 6.08. The van der Waals surface area contributed by atoms with Crippen molar-refractivity contribution in [3.8, 4) is 0 Å². The van der Waals surface area contributed by atoms with Gasteiger partial charge in [-0.1, -0.05) is 5.16 Å². The second-order valence-electron chi connectivity index (χ2n) is 4.37. The topological polar surface area (TPSA) is 82.8 Å². The van der Waals surface area contributed by atoms with E-state index in [1.165, 1.54) is 12.3 Å². The molecule has 1 aromatic rings. The summed E-state index contributed by atoms with van der Waals surface area (Å²) in [6.07, 6.45) is 1.14. The molecule has 1 saturated heterocycles. The maximum absolute atomic E-state index is 11.7. The summed E-state index contributed by atoms with van der Waals surface area (Å²) < 4.78 is 20.8. The fourth-order valence-electron chi connectivity index (χ4n) is 2.19. The first kappa shape index (κ1) is 14.0. The van der Waals surface area contributed by atoms with E-state index in [0.29, 0.717) is 19.8 Å². The van der Waals surface area contributed by atoms with Crippen LogP contribution >= 0.6 is 0 Å². The Bertz CT molecular complexity index is 395. The van der Waals surface area contributed by atoms with Crippen molar-refractivity contribution in [2.24, 2.45) is 5.92 Å². The van der Waals surface area contributed by atoms with Crippen LogP contribution in [0.2, 0.25) is 0 Å². The van der Waals surface area contributed by atoms with E-state index in [1.54, 1.807) is 14.2 Å². The third-order valence-corrected chi connectivity index (χ3v) is 3.22. The Kier molecular flexibility index (Phi) is 4.89. The zero-order valence-electron chi connectivity index (χ0n) is 11.0. The molecule has 2 rings (SSSR count). The predicted molar refractivity (Wildman–Crippen MR) is 64.7 cm³/mol. The summed E-state index contributed by atoms with van der Waals surface area (Å²) in [4.78, 5) is 11.7. The van der Waals surface area contributed by atoms with Crippen LogP contribution in [-0.2, 0) is 14.2 Å². The monoisotopic (exact) mass is 270 g/mol. The van der Waals surface area contributed by atoms with Crippen LogP contribution in [-0.4, -0.2) is 57.2 Å². The predicted octanol–water partition coefficient (Wildman–Crippen LogP) is 0.0808. The minimum absolute atomic E-state index is 0.0413. The van der Waals surface area contributed by atoms with Crippen LogP contribution in [0.5, 0.6) is 0 Å². The first-order valence-corrected chi connectivity index (χ1v) is 6.08. The average Bonchev–Trinajstić information content (AvgIpc) is 2.98. The molecule has 7 heteroatoms. The molecule has 1 amide bonds. The lowest BCUT2D eigenvalue weighted by Gasteiger charge is -2.36. The smallest absolute Gasteiger partial charge is 0.273 e. The number of methoxy groups -OCH3 is 2. The van der Waals surface area contributed by atoms with Gasteiger partial charge in [-0.25, -0.2) is 0 Å². The molecule has 0 bridgehead atoms. The number of rotatable bonds is 5. The lowest BCUT2D eigenvalue weighted by atomic mass is 9.96. The van der Waals surface area contributed by atoms with Crippen LogP contribution in [0, 0.1) is 5.92 Å². The number of aromatic nitrogens is 1. The normalized spacial score (nSPS) is 27.2. The zero-order valence-corrected chi connectivity index (χ0v) is 11.0. The minimum Gasteiger partial charge on any atom is -0.378 e. The fraction of sp³-hybridized carbons (Fsp3) is 0.667. The molecule has 1 fully saturated rings. The Labute approximate surface area is 111 Å². The maximum atomic E-state index is 11.7. The van der Waals surface area contributed by atoms with E-state index in [0.717, 1.165) is 0 Å². The molecule has 0 unspecified atom stereocenters. The average molecular weight is 270 g/mol. The summed E-state index contributed by atoms with van der Waals surface area (Å²) >= 11 is 0. The summed E-state index contributed by atoms with van der Waals surface area (Å²) in [6.45, 7) is 1.46. The highest BCUT2D eigenvalue weighted by molar-refractivity contribution is 5.91. The van der Waals surface area contributed by atoms with Crippen LogP contribution in [0.1, 0.15) is 10.5 Å². The number of ether oxygens (including phenoxy) is 3. The number of carbonyl (C=O) groups excluding carboxylic acids is 1. The highest BCUT2D eigenvalue weighted by Crippen LogP contribution is 2.19. The molecule has 7 nitrogen and oxygen atoms in total. The standard InChI is InChI=1S/C12H18N2O5/c1-16-10-7-18-6-8(11(10)17-2)5-13-12(15)9-3-4-19-14-9/h3-4,8,10-11H,5-7H2,1-2H3,(H,13,15)/t8-,10-,11+/m1/s1. The molecule has 0 saturated carbocycles. The molecule has 0 aromatic carbocycles. The summed E-state index contributed by atoms with van der Waals surface area (Å²) in [5.74, 6) is -0.234. The third kappa shape index (κ3) is 3.31. The first-order chi connectivity index (χ1) is 9.26. The van der Waals surface area contributed by atoms with Crippen molar-refractivity contribution in [1.82, 2.24) is 10.5 Å². The molecule has 0 spiro atoms. The van der Waals surface area contributed by atoms with Crippen LogP contribution in [0.4, 0.5) is 0 Å². The number of nitrogens with one attached hydrogen (secondary N) is 1. The van der Waals surface area contributed by atoms with E-state index in [-0.39, 0.29) is 29.7 Å². The SMILES string of the molecule is CO[C@H]1[C@H](CNC(=O)c2ccon2)COC[C@H]1OC. The molecule has 0 aliphatic carbocycles. The molecule has 19 heavy (non-hydrogen) atoms. The highest BCUT2D eigenvalue weighted by atomic mass is 16.6. The molecule has 106 valence electrons. The zero-order chi connectivity index (χ0) is 13.7. The summed E-state index contributed by atoms with van der Waals surface area (Å²) in [6, 6.07) is 1.51. The van der Waals surface area contributed by atoms with Crippen LogP contribution in [0.15, 0.2) is 16.9 Å². The van der Waals surface area contributed by atoms with Crippen molar-refractivity contribution in [2.75, 3.05) is 34.0 Å². The van der Waals surface area contributed by atoms with Gasteiger partial charge in [0.25, 0.3) is 5.91 Å². The Hall–Kier alpha value is -1.44. The van der Waals surface area contributed by atoms with Gasteiger partial charge in [-0.3, -0.25) is 4.79 Å². The number of carbonyl (C=O) groups is 1. The molecule has 1 N–H and O–H groups in total. The lowest BCUT2D eigenvalue weighted by molar-refractivity contribution is -0.145. The number of hydrogen-bond donors (Lipinski definition) is 1. The Morgan fingerprint density at radius 3 is 2.95 bits per heavy atom. The van der Waals surface area contributed by atoms with Gasteiger partial charge >= 0.3 is 0 Å². The van der Waals surface area contributed by atoms with Gasteiger partial charge < -0.3 is 24.1 Å². The van der Waals surface area contributed by atoms with Crippen molar-refractivity contribution < 1.29 is 23.5 Å². The van der Waals surface area contributed by atoms with Crippen molar-refractivity contribution in [3.63, 3.8) is 0 Å². The second kappa shape index (κ2) is 6.65. The van der Waals surface area contributed by atoms with E-state index in [1.807, 2.05) is 0 Å². The molecule has 3 atom stereocenters. The second-order valence-corrected chi connectivity index (χ2v) is 4.37. The van der Waals surface area contributed by atoms with Crippen LogP contribution in [0.3, 0.4) is 0 Å². The molecule has 0 radical (unpaired) electrons. The number of nitrogens with zero attached hydrogens (tertiary/aromatic N) is 1. The van der Waals surface area contributed by atoms with Gasteiger partial charge in [-0.2, -0.15) is 0 Å². The summed E-state index contributed by atoms with van der Waals surface area (Å²) in [7, 11) is 3.25. The molecule has 1 aromatic heterocycles. The van der Waals surface area contributed by atoms with Crippen molar-refractivity contribution >= 4 is 5.91 Å². The fourth-order valence-corrected chi connectivity index (χ4v) is 2.19. The third-order valence-electron chi connectivity index (χ3n) is 3.22. The quantitative estimate of drug-likeness (QED) is 0.816. The molecular formula is C12H18N2O5. The number of hydrogen-bond acceptors (Lipinski definition) is 6. The summed E-state index contributed by atoms with van der Waals surface area (Å²) in [5.41, 5.74) is 0.258. The number of amides is 1. The Balaban J connectivity index is 1.88. The van der Waals surface area contributed by atoms with Crippen molar-refractivity contribution in [1.29, 1.82) is 0 Å². The molecule has 2 heterocycles. The van der Waals surface area contributed by atoms with Crippen LogP contribution in [0.25, 0.3) is 0 Å². The largest absolute Gasteiger partial charge is 0.378 e. The Morgan fingerprint density at radius 2 is 2.32 bits per heavy atom. The van der Waals surface area contributed by atoms with Gasteiger partial charge in [-0.15, -0.1) is 0 Å². The highest BCUT2D eigenvalue weighted by Gasteiger charge is 2.34. The summed E-state index contributed by atoms with van der Waals surface area (Å²) in [5, 5.41) is 6.36. The van der Waals surface area contributed by atoms with Gasteiger partial charge in [0.2, 0.25) is 0 Å². The van der Waals surface area contributed by atoms with E-state index in [9.17, 15) is 4.79 Å². The van der Waals surface area contributed by atoms with E-state index < -0.39 is 0 Å². The Morgan fingerprint density at radius 1 is 1.47 bits per heavy atom.